The molecule has 0 spiro atoms. The van der Waals surface area contributed by atoms with Crippen LogP contribution in [0.25, 0.3) is 0 Å². The van der Waals surface area contributed by atoms with Gasteiger partial charge in [-0.15, -0.1) is 0 Å². The van der Waals surface area contributed by atoms with E-state index in [-0.39, 0.29) is 5.56 Å². The molecule has 0 rings (SSSR count). The van der Waals surface area contributed by atoms with E-state index in [0.29, 0.717) is 11.8 Å². The lowest BCUT2D eigenvalue weighted by molar-refractivity contribution is 0.0482. The third-order valence-corrected chi connectivity index (χ3v) is 3.19. The molecule has 0 aliphatic heterocycles. The number of halogens is 1. The van der Waals surface area contributed by atoms with Crippen LogP contribution in [0.5, 0.6) is 0 Å². The highest BCUT2D eigenvalue weighted by molar-refractivity contribution is 6.19. The van der Waals surface area contributed by atoms with Crippen LogP contribution in [0.15, 0.2) is 0 Å². The summed E-state index contributed by atoms with van der Waals surface area (Å²) in [5, 5.41) is 0. The zero-order valence-corrected chi connectivity index (χ0v) is 10.8. The largest absolute Gasteiger partial charge is 0.362 e. The quantitative estimate of drug-likeness (QED) is 0.550. The fourth-order valence-electron chi connectivity index (χ4n) is 1.32. The minimum atomic E-state index is -0.120. The van der Waals surface area contributed by atoms with Crippen molar-refractivity contribution >= 4 is 11.6 Å². The Hall–Kier alpha value is 0.250. The fraction of sp³-hybridized carbons (Fsp3) is 1.00. The fourth-order valence-corrected chi connectivity index (χ4v) is 1.39. The van der Waals surface area contributed by atoms with Crippen LogP contribution < -0.4 is 0 Å². The van der Waals surface area contributed by atoms with Gasteiger partial charge in [-0.25, -0.2) is 0 Å². The Balaban J connectivity index is 3.60. The highest BCUT2D eigenvalue weighted by atomic mass is 35.5. The van der Waals surface area contributed by atoms with E-state index in [1.165, 1.54) is 25.7 Å². The molecule has 14 heavy (non-hydrogen) atoms. The molecule has 0 radical (unpaired) electrons. The number of alkyl halides is 1. The van der Waals surface area contributed by atoms with Gasteiger partial charge < -0.3 is 4.74 Å². The predicted molar refractivity (Wildman–Crippen MR) is 63.7 cm³/mol. The van der Waals surface area contributed by atoms with Crippen molar-refractivity contribution in [2.75, 3.05) is 6.61 Å². The highest BCUT2D eigenvalue weighted by Gasteiger charge is 2.12. The summed E-state index contributed by atoms with van der Waals surface area (Å²) in [6.07, 6.45) is 5.04. The normalized spacial score (nSPS) is 15.9. The van der Waals surface area contributed by atoms with Gasteiger partial charge in [-0.3, -0.25) is 0 Å². The molecular formula is C12H25ClO. The molecule has 2 atom stereocenters. The second kappa shape index (κ2) is 8.55. The lowest BCUT2D eigenvalue weighted by atomic mass is 10.0. The van der Waals surface area contributed by atoms with Crippen molar-refractivity contribution in [3.8, 4) is 0 Å². The summed E-state index contributed by atoms with van der Waals surface area (Å²) in [4.78, 5) is 0. The molecule has 0 amide bonds. The molecule has 0 saturated carbocycles. The van der Waals surface area contributed by atoms with E-state index in [0.717, 1.165) is 6.61 Å². The predicted octanol–water partition coefficient (Wildman–Crippen LogP) is 4.44. The van der Waals surface area contributed by atoms with Crippen LogP contribution in [0.4, 0.5) is 0 Å². The second-order valence-corrected chi connectivity index (χ2v) is 4.78. The van der Waals surface area contributed by atoms with Crippen molar-refractivity contribution in [1.82, 2.24) is 0 Å². The molecule has 0 aromatic rings. The summed E-state index contributed by atoms with van der Waals surface area (Å²) in [5.74, 6) is 1.09. The molecule has 86 valence electrons. The SMILES string of the molecule is CCCCC(CC)COC(Cl)C(C)C. The molecule has 0 aliphatic carbocycles. The van der Waals surface area contributed by atoms with Crippen LogP contribution in [0.1, 0.15) is 53.4 Å². The van der Waals surface area contributed by atoms with E-state index in [1.54, 1.807) is 0 Å². The minimum Gasteiger partial charge on any atom is -0.362 e. The molecule has 0 aromatic carbocycles. The Morgan fingerprint density at radius 2 is 1.86 bits per heavy atom. The Kier molecular flexibility index (Phi) is 8.70. The van der Waals surface area contributed by atoms with Crippen LogP contribution in [-0.2, 0) is 4.74 Å². The molecule has 2 unspecified atom stereocenters. The molecule has 1 nitrogen and oxygen atoms in total. The van der Waals surface area contributed by atoms with E-state index in [2.05, 4.69) is 27.7 Å². The summed E-state index contributed by atoms with van der Waals surface area (Å²) in [7, 11) is 0. The van der Waals surface area contributed by atoms with Crippen LogP contribution in [0, 0.1) is 11.8 Å². The van der Waals surface area contributed by atoms with Gasteiger partial charge in [0.1, 0.15) is 5.56 Å². The third-order valence-electron chi connectivity index (χ3n) is 2.56. The first-order valence-corrected chi connectivity index (χ1v) is 6.31. The summed E-state index contributed by atoms with van der Waals surface area (Å²) in [6.45, 7) is 9.45. The Morgan fingerprint density at radius 1 is 1.21 bits per heavy atom. The Labute approximate surface area is 94.2 Å². The van der Waals surface area contributed by atoms with Gasteiger partial charge in [0.05, 0.1) is 6.61 Å². The molecular weight excluding hydrogens is 196 g/mol. The van der Waals surface area contributed by atoms with Crippen LogP contribution in [0.3, 0.4) is 0 Å². The zero-order chi connectivity index (χ0) is 11.0. The van der Waals surface area contributed by atoms with E-state index >= 15 is 0 Å². The van der Waals surface area contributed by atoms with Crippen molar-refractivity contribution in [3.63, 3.8) is 0 Å². The molecule has 0 saturated heterocycles. The van der Waals surface area contributed by atoms with E-state index in [1.807, 2.05) is 0 Å². The molecule has 0 fully saturated rings. The molecule has 0 heterocycles. The Morgan fingerprint density at radius 3 is 2.29 bits per heavy atom. The van der Waals surface area contributed by atoms with Crippen molar-refractivity contribution in [3.05, 3.63) is 0 Å². The van der Waals surface area contributed by atoms with Crippen molar-refractivity contribution < 1.29 is 4.74 Å². The number of rotatable bonds is 8. The average Bonchev–Trinajstić information content (AvgIpc) is 2.17. The van der Waals surface area contributed by atoms with Gasteiger partial charge in [0.15, 0.2) is 0 Å². The van der Waals surface area contributed by atoms with Crippen molar-refractivity contribution in [2.24, 2.45) is 11.8 Å². The maximum Gasteiger partial charge on any atom is 0.133 e. The monoisotopic (exact) mass is 220 g/mol. The summed E-state index contributed by atoms with van der Waals surface area (Å²) in [5.41, 5.74) is -0.120. The van der Waals surface area contributed by atoms with E-state index in [4.69, 9.17) is 16.3 Å². The number of unbranched alkanes of at least 4 members (excludes halogenated alkanes) is 1. The molecule has 2 heteroatoms. The topological polar surface area (TPSA) is 9.23 Å². The molecule has 0 N–H and O–H groups in total. The lowest BCUT2D eigenvalue weighted by Gasteiger charge is -2.19. The van der Waals surface area contributed by atoms with Gasteiger partial charge in [0.25, 0.3) is 0 Å². The van der Waals surface area contributed by atoms with E-state index < -0.39 is 0 Å². The number of hydrogen-bond acceptors (Lipinski definition) is 1. The maximum atomic E-state index is 6.03. The second-order valence-electron chi connectivity index (χ2n) is 4.35. The van der Waals surface area contributed by atoms with Gasteiger partial charge in [-0.1, -0.05) is 58.6 Å². The van der Waals surface area contributed by atoms with Crippen molar-refractivity contribution in [1.29, 1.82) is 0 Å². The molecule has 0 bridgehead atoms. The van der Waals surface area contributed by atoms with Crippen LogP contribution in [-0.4, -0.2) is 12.2 Å². The van der Waals surface area contributed by atoms with Gasteiger partial charge >= 0.3 is 0 Å². The third kappa shape index (κ3) is 6.67. The van der Waals surface area contributed by atoms with Crippen LogP contribution >= 0.6 is 11.6 Å². The van der Waals surface area contributed by atoms with Crippen LogP contribution in [0.2, 0.25) is 0 Å². The smallest absolute Gasteiger partial charge is 0.133 e. The Bertz CT molecular complexity index is 125. The molecule has 0 aliphatic rings. The maximum absolute atomic E-state index is 6.03. The number of ether oxygens (including phenoxy) is 1. The van der Waals surface area contributed by atoms with Gasteiger partial charge in [0.2, 0.25) is 0 Å². The molecule has 0 aromatic heterocycles. The van der Waals surface area contributed by atoms with Gasteiger partial charge in [0, 0.05) is 0 Å². The van der Waals surface area contributed by atoms with Gasteiger partial charge in [-0.05, 0) is 18.3 Å². The first-order chi connectivity index (χ1) is 6.61. The highest BCUT2D eigenvalue weighted by Crippen LogP contribution is 2.17. The first-order valence-electron chi connectivity index (χ1n) is 5.87. The summed E-state index contributed by atoms with van der Waals surface area (Å²) in [6, 6.07) is 0. The minimum absolute atomic E-state index is 0.120. The van der Waals surface area contributed by atoms with E-state index in [9.17, 15) is 0 Å². The number of hydrogen-bond donors (Lipinski definition) is 0. The van der Waals surface area contributed by atoms with Gasteiger partial charge in [-0.2, -0.15) is 0 Å². The first kappa shape index (κ1) is 14.2. The average molecular weight is 221 g/mol. The van der Waals surface area contributed by atoms with Crippen molar-refractivity contribution in [2.45, 2.75) is 58.9 Å². The lowest BCUT2D eigenvalue weighted by Crippen LogP contribution is -2.18. The summed E-state index contributed by atoms with van der Waals surface area (Å²) < 4.78 is 5.62. The standard InChI is InChI=1S/C12H25ClO/c1-5-7-8-11(6-2)9-14-12(13)10(3)4/h10-12H,5-9H2,1-4H3. The zero-order valence-electron chi connectivity index (χ0n) is 10.1. The summed E-state index contributed by atoms with van der Waals surface area (Å²) >= 11 is 6.03.